The number of aromatic amines is 1. The average molecular weight is 477 g/mol. The van der Waals surface area contributed by atoms with Crippen LogP contribution in [0.15, 0.2) is 47.3 Å². The fourth-order valence-electron chi connectivity index (χ4n) is 4.76. The molecule has 1 fully saturated rings. The van der Waals surface area contributed by atoms with Crippen LogP contribution in [0.2, 0.25) is 0 Å². The van der Waals surface area contributed by atoms with Crippen LogP contribution >= 0.6 is 0 Å². The molecule has 0 amide bonds. The van der Waals surface area contributed by atoms with Crippen LogP contribution in [0, 0.1) is 19.7 Å². The minimum Gasteiger partial charge on any atom is -0.377 e. The monoisotopic (exact) mass is 476 g/mol. The van der Waals surface area contributed by atoms with Crippen molar-refractivity contribution in [3.63, 3.8) is 0 Å². The third kappa shape index (κ3) is 5.47. The van der Waals surface area contributed by atoms with Crippen molar-refractivity contribution < 1.29 is 9.13 Å². The van der Waals surface area contributed by atoms with Gasteiger partial charge in [-0.3, -0.25) is 9.69 Å². The van der Waals surface area contributed by atoms with Gasteiger partial charge in [0.2, 0.25) is 0 Å². The quantitative estimate of drug-likeness (QED) is 0.419. The zero-order valence-electron chi connectivity index (χ0n) is 20.0. The van der Waals surface area contributed by atoms with Crippen LogP contribution in [0.3, 0.4) is 0 Å². The number of nitrogens with zero attached hydrogens (tertiary/aromatic N) is 5. The molecule has 35 heavy (non-hydrogen) atoms. The fraction of sp³-hybridized carbons (Fsp3) is 0.385. The van der Waals surface area contributed by atoms with E-state index in [9.17, 15) is 9.18 Å². The van der Waals surface area contributed by atoms with Crippen LogP contribution in [0.4, 0.5) is 4.39 Å². The number of nitrogens with one attached hydrogen (secondary N) is 1. The molecular weight excluding hydrogens is 447 g/mol. The average Bonchev–Trinajstić information content (AvgIpc) is 3.48. The van der Waals surface area contributed by atoms with Crippen molar-refractivity contribution in [1.82, 2.24) is 30.1 Å². The highest BCUT2D eigenvalue weighted by Gasteiger charge is 2.22. The van der Waals surface area contributed by atoms with Crippen LogP contribution in [0.1, 0.15) is 40.9 Å². The van der Waals surface area contributed by atoms with Gasteiger partial charge in [-0.25, -0.2) is 9.07 Å². The number of aromatic nitrogens is 5. The lowest BCUT2D eigenvalue weighted by atomic mass is 10.0. The maximum atomic E-state index is 13.3. The molecule has 182 valence electrons. The van der Waals surface area contributed by atoms with E-state index >= 15 is 0 Å². The van der Waals surface area contributed by atoms with Crippen molar-refractivity contribution in [2.75, 3.05) is 13.2 Å². The van der Waals surface area contributed by atoms with E-state index in [1.54, 1.807) is 16.8 Å². The molecule has 4 aromatic rings. The number of aryl methyl sites for hydroxylation is 2. The zero-order chi connectivity index (χ0) is 24.4. The summed E-state index contributed by atoms with van der Waals surface area (Å²) in [6, 6.07) is 12.4. The normalized spacial score (nSPS) is 15.9. The number of benzene rings is 2. The van der Waals surface area contributed by atoms with Gasteiger partial charge in [-0.15, -0.1) is 5.10 Å². The van der Waals surface area contributed by atoms with Gasteiger partial charge in [0, 0.05) is 36.2 Å². The summed E-state index contributed by atoms with van der Waals surface area (Å²) in [4.78, 5) is 18.2. The number of fused-ring (bicyclic) bond motifs is 1. The van der Waals surface area contributed by atoms with E-state index in [2.05, 4.69) is 38.4 Å². The second-order valence-corrected chi connectivity index (χ2v) is 9.35. The topological polar surface area (TPSA) is 88.9 Å². The highest BCUT2D eigenvalue weighted by Crippen LogP contribution is 2.21. The molecule has 0 spiro atoms. The predicted molar refractivity (Wildman–Crippen MR) is 130 cm³/mol. The molecule has 0 aliphatic carbocycles. The number of halogens is 1. The van der Waals surface area contributed by atoms with E-state index < -0.39 is 0 Å². The molecular formula is C26H29FN6O2. The van der Waals surface area contributed by atoms with Crippen LogP contribution in [-0.2, 0) is 24.4 Å². The smallest absolute Gasteiger partial charge is 0.252 e. The van der Waals surface area contributed by atoms with Crippen molar-refractivity contribution in [3.8, 4) is 0 Å². The van der Waals surface area contributed by atoms with Crippen molar-refractivity contribution in [2.24, 2.45) is 0 Å². The number of rotatable bonds is 8. The third-order valence-corrected chi connectivity index (χ3v) is 6.49. The summed E-state index contributed by atoms with van der Waals surface area (Å²) in [5.74, 6) is 0.399. The Morgan fingerprint density at radius 1 is 1.17 bits per heavy atom. The molecule has 2 aromatic heterocycles. The fourth-order valence-corrected chi connectivity index (χ4v) is 4.76. The summed E-state index contributed by atoms with van der Waals surface area (Å²) in [7, 11) is 0. The summed E-state index contributed by atoms with van der Waals surface area (Å²) in [6.45, 7) is 6.86. The number of hydrogen-bond acceptors (Lipinski definition) is 6. The molecule has 1 aliphatic heterocycles. The maximum absolute atomic E-state index is 13.3. The van der Waals surface area contributed by atoms with Crippen LogP contribution < -0.4 is 5.56 Å². The Labute approximate surface area is 202 Å². The number of hydrogen-bond donors (Lipinski definition) is 1. The lowest BCUT2D eigenvalue weighted by Crippen LogP contribution is -2.34. The minimum absolute atomic E-state index is 0.0919. The Kier molecular flexibility index (Phi) is 6.70. The molecule has 0 radical (unpaired) electrons. The van der Waals surface area contributed by atoms with E-state index in [0.717, 1.165) is 47.0 Å². The molecule has 0 bridgehead atoms. The van der Waals surface area contributed by atoms with Crippen molar-refractivity contribution in [3.05, 3.63) is 86.7 Å². The lowest BCUT2D eigenvalue weighted by molar-refractivity contribution is 0.0663. The van der Waals surface area contributed by atoms with Gasteiger partial charge in [-0.05, 0) is 78.1 Å². The molecule has 8 nitrogen and oxygen atoms in total. The van der Waals surface area contributed by atoms with Crippen LogP contribution in [0.25, 0.3) is 10.9 Å². The summed E-state index contributed by atoms with van der Waals surface area (Å²) < 4.78 is 20.9. The Morgan fingerprint density at radius 2 is 2.00 bits per heavy atom. The number of tetrazole rings is 1. The Hall–Kier alpha value is -3.43. The summed E-state index contributed by atoms with van der Waals surface area (Å²) >= 11 is 0. The molecule has 3 heterocycles. The summed E-state index contributed by atoms with van der Waals surface area (Å²) in [5.41, 5.74) is 4.61. The van der Waals surface area contributed by atoms with Crippen LogP contribution in [-0.4, -0.2) is 49.3 Å². The molecule has 5 rings (SSSR count). The van der Waals surface area contributed by atoms with E-state index in [1.807, 2.05) is 19.1 Å². The van der Waals surface area contributed by atoms with Gasteiger partial charge in [0.1, 0.15) is 5.82 Å². The first-order valence-electron chi connectivity index (χ1n) is 11.9. The number of pyridine rings is 1. The van der Waals surface area contributed by atoms with Gasteiger partial charge in [0.15, 0.2) is 5.82 Å². The van der Waals surface area contributed by atoms with Gasteiger partial charge < -0.3 is 9.72 Å². The van der Waals surface area contributed by atoms with Crippen molar-refractivity contribution >= 4 is 10.9 Å². The highest BCUT2D eigenvalue weighted by atomic mass is 19.1. The molecule has 1 N–H and O–H groups in total. The van der Waals surface area contributed by atoms with Gasteiger partial charge in [-0.2, -0.15) is 0 Å². The van der Waals surface area contributed by atoms with Gasteiger partial charge in [-0.1, -0.05) is 18.2 Å². The zero-order valence-corrected chi connectivity index (χ0v) is 20.0. The second-order valence-electron chi connectivity index (χ2n) is 9.35. The molecule has 2 aromatic carbocycles. The maximum Gasteiger partial charge on any atom is 0.252 e. The van der Waals surface area contributed by atoms with Gasteiger partial charge >= 0.3 is 0 Å². The van der Waals surface area contributed by atoms with Gasteiger partial charge in [0.05, 0.1) is 19.2 Å². The van der Waals surface area contributed by atoms with Crippen LogP contribution in [0.5, 0.6) is 0 Å². The molecule has 1 unspecified atom stereocenters. The van der Waals surface area contributed by atoms with E-state index in [4.69, 9.17) is 4.74 Å². The molecule has 1 saturated heterocycles. The van der Waals surface area contributed by atoms with E-state index in [0.29, 0.717) is 37.6 Å². The van der Waals surface area contributed by atoms with E-state index in [-0.39, 0.29) is 17.5 Å². The first-order chi connectivity index (χ1) is 16.9. The highest BCUT2D eigenvalue weighted by molar-refractivity contribution is 5.83. The SMILES string of the molecule is Cc1cc(C)c2cc(CN(Cc3nnnn3Cc3ccc(F)cc3)CC3CCCO3)c(=O)[nH]c2c1. The number of H-pyrrole nitrogens is 1. The standard InChI is InChI=1S/C26H29FN6O2/c1-17-10-18(2)23-12-20(26(34)28-24(23)11-17)14-32(15-22-4-3-9-35-22)16-25-29-30-31-33(25)13-19-5-7-21(27)8-6-19/h5-8,10-12,22H,3-4,9,13-16H2,1-2H3,(H,28,34). The Bertz CT molecular complexity index is 1380. The van der Waals surface area contributed by atoms with Crippen molar-refractivity contribution in [1.29, 1.82) is 0 Å². The third-order valence-electron chi connectivity index (χ3n) is 6.49. The van der Waals surface area contributed by atoms with E-state index in [1.165, 1.54) is 12.1 Å². The second kappa shape index (κ2) is 10.1. The van der Waals surface area contributed by atoms with Gasteiger partial charge in [0.25, 0.3) is 5.56 Å². The Balaban J connectivity index is 1.41. The summed E-state index contributed by atoms with van der Waals surface area (Å²) in [5, 5.41) is 13.3. The molecule has 1 aliphatic rings. The molecule has 1 atom stereocenters. The lowest BCUT2D eigenvalue weighted by Gasteiger charge is -2.24. The Morgan fingerprint density at radius 3 is 2.77 bits per heavy atom. The largest absolute Gasteiger partial charge is 0.377 e. The first-order valence-corrected chi connectivity index (χ1v) is 11.9. The predicted octanol–water partition coefficient (Wildman–Crippen LogP) is 3.50. The molecule has 0 saturated carbocycles. The first kappa shape index (κ1) is 23.3. The molecule has 9 heteroatoms. The summed E-state index contributed by atoms with van der Waals surface area (Å²) in [6.07, 6.45) is 2.14. The van der Waals surface area contributed by atoms with Crippen molar-refractivity contribution in [2.45, 2.75) is 52.4 Å². The number of ether oxygens (including phenoxy) is 1. The minimum atomic E-state index is -0.278.